The average Bonchev–Trinajstić information content (AvgIpc) is 2.38. The highest BCUT2D eigenvalue weighted by Crippen LogP contribution is 2.20. The first-order valence-corrected chi connectivity index (χ1v) is 6.43. The predicted octanol–water partition coefficient (Wildman–Crippen LogP) is 1.61. The quantitative estimate of drug-likeness (QED) is 0.851. The molecule has 1 aromatic carbocycles. The zero-order valence-corrected chi connectivity index (χ0v) is 10.7. The van der Waals surface area contributed by atoms with E-state index in [0.717, 1.165) is 17.9 Å². The Labute approximate surface area is 108 Å². The highest BCUT2D eigenvalue weighted by Gasteiger charge is 2.13. The minimum atomic E-state index is -0.404. The van der Waals surface area contributed by atoms with Crippen LogP contribution in [0.15, 0.2) is 18.2 Å². The first kappa shape index (κ1) is 12.9. The van der Waals surface area contributed by atoms with Gasteiger partial charge in [0.15, 0.2) is 0 Å². The van der Waals surface area contributed by atoms with Gasteiger partial charge in [-0.05, 0) is 50.1 Å². The number of amides is 1. The lowest BCUT2D eigenvalue weighted by Crippen LogP contribution is -2.38. The van der Waals surface area contributed by atoms with Crippen LogP contribution in [-0.2, 0) is 0 Å². The number of piperidine rings is 1. The van der Waals surface area contributed by atoms with Crippen LogP contribution in [0.5, 0.6) is 5.75 Å². The van der Waals surface area contributed by atoms with Crippen LogP contribution < -0.4 is 15.8 Å². The van der Waals surface area contributed by atoms with Crippen molar-refractivity contribution in [2.75, 3.05) is 13.2 Å². The van der Waals surface area contributed by atoms with E-state index >= 15 is 0 Å². The molecular weight excluding hydrogens is 228 g/mol. The Morgan fingerprint density at radius 3 is 2.94 bits per heavy atom. The summed E-state index contributed by atoms with van der Waals surface area (Å²) in [6.07, 6.45) is 3.68. The van der Waals surface area contributed by atoms with E-state index in [1.165, 1.54) is 19.3 Å². The highest BCUT2D eigenvalue weighted by atomic mass is 16.5. The van der Waals surface area contributed by atoms with Gasteiger partial charge in [-0.15, -0.1) is 0 Å². The number of aryl methyl sites for hydroxylation is 1. The Bertz CT molecular complexity index is 426. The van der Waals surface area contributed by atoms with Gasteiger partial charge in [0.1, 0.15) is 12.4 Å². The summed E-state index contributed by atoms with van der Waals surface area (Å²) in [7, 11) is 0. The number of carbonyl (C=O) groups excluding carboxylic acids is 1. The summed E-state index contributed by atoms with van der Waals surface area (Å²) in [4.78, 5) is 11.0. The third kappa shape index (κ3) is 3.23. The summed E-state index contributed by atoms with van der Waals surface area (Å²) in [5.74, 6) is 0.422. The van der Waals surface area contributed by atoms with Crippen molar-refractivity contribution in [2.24, 2.45) is 5.73 Å². The lowest BCUT2D eigenvalue weighted by Gasteiger charge is -2.23. The molecular formula is C14H20N2O2. The first-order valence-electron chi connectivity index (χ1n) is 6.43. The molecule has 1 fully saturated rings. The largest absolute Gasteiger partial charge is 0.492 e. The van der Waals surface area contributed by atoms with E-state index in [1.807, 2.05) is 13.0 Å². The highest BCUT2D eigenvalue weighted by molar-refractivity contribution is 5.93. The molecule has 0 spiro atoms. The van der Waals surface area contributed by atoms with E-state index in [2.05, 4.69) is 5.32 Å². The Morgan fingerprint density at radius 1 is 1.50 bits per heavy atom. The van der Waals surface area contributed by atoms with Gasteiger partial charge in [0.25, 0.3) is 0 Å². The molecule has 98 valence electrons. The number of nitrogens with one attached hydrogen (secondary N) is 1. The van der Waals surface area contributed by atoms with E-state index < -0.39 is 5.91 Å². The second kappa shape index (κ2) is 5.87. The summed E-state index contributed by atoms with van der Waals surface area (Å²) in [6, 6.07) is 5.73. The molecule has 0 saturated carbocycles. The summed E-state index contributed by atoms with van der Waals surface area (Å²) in [6.45, 7) is 3.68. The summed E-state index contributed by atoms with van der Waals surface area (Å²) < 4.78 is 5.80. The number of nitrogens with two attached hydrogens (primary N) is 1. The van der Waals surface area contributed by atoms with Crippen LogP contribution in [0.3, 0.4) is 0 Å². The molecule has 1 unspecified atom stereocenters. The standard InChI is InChI=1S/C14H20N2O2/c1-10-8-11(14(15)17)5-6-13(10)18-9-12-4-2-3-7-16-12/h5-6,8,12,16H,2-4,7,9H2,1H3,(H2,15,17). The molecule has 4 nitrogen and oxygen atoms in total. The zero-order valence-electron chi connectivity index (χ0n) is 10.7. The van der Waals surface area contributed by atoms with Gasteiger partial charge in [0.05, 0.1) is 0 Å². The summed E-state index contributed by atoms with van der Waals surface area (Å²) >= 11 is 0. The molecule has 1 atom stereocenters. The molecule has 1 aromatic rings. The van der Waals surface area contributed by atoms with Gasteiger partial charge in [0.2, 0.25) is 5.91 Å². The van der Waals surface area contributed by atoms with E-state index in [1.54, 1.807) is 12.1 Å². The van der Waals surface area contributed by atoms with Crippen molar-refractivity contribution in [1.29, 1.82) is 0 Å². The third-order valence-corrected chi connectivity index (χ3v) is 3.31. The fraction of sp³-hybridized carbons (Fsp3) is 0.500. The van der Waals surface area contributed by atoms with Gasteiger partial charge in [-0.3, -0.25) is 4.79 Å². The van der Waals surface area contributed by atoms with Crippen molar-refractivity contribution in [2.45, 2.75) is 32.2 Å². The summed E-state index contributed by atoms with van der Waals surface area (Å²) in [5.41, 5.74) is 6.70. The number of hydrogen-bond acceptors (Lipinski definition) is 3. The molecule has 18 heavy (non-hydrogen) atoms. The van der Waals surface area contributed by atoms with E-state index in [-0.39, 0.29) is 0 Å². The van der Waals surface area contributed by atoms with E-state index in [4.69, 9.17) is 10.5 Å². The molecule has 1 saturated heterocycles. The second-order valence-electron chi connectivity index (χ2n) is 4.80. The maximum atomic E-state index is 11.0. The van der Waals surface area contributed by atoms with Gasteiger partial charge in [0, 0.05) is 11.6 Å². The van der Waals surface area contributed by atoms with Gasteiger partial charge in [-0.2, -0.15) is 0 Å². The SMILES string of the molecule is Cc1cc(C(N)=O)ccc1OCC1CCCCN1. The molecule has 0 radical (unpaired) electrons. The van der Waals surface area contributed by atoms with Crippen LogP contribution in [-0.4, -0.2) is 25.1 Å². The average molecular weight is 248 g/mol. The smallest absolute Gasteiger partial charge is 0.248 e. The van der Waals surface area contributed by atoms with Gasteiger partial charge in [-0.25, -0.2) is 0 Å². The zero-order chi connectivity index (χ0) is 13.0. The first-order chi connectivity index (χ1) is 8.66. The molecule has 2 rings (SSSR count). The third-order valence-electron chi connectivity index (χ3n) is 3.31. The fourth-order valence-corrected chi connectivity index (χ4v) is 2.22. The van der Waals surface area contributed by atoms with Crippen molar-refractivity contribution in [3.63, 3.8) is 0 Å². The predicted molar refractivity (Wildman–Crippen MR) is 70.8 cm³/mol. The van der Waals surface area contributed by atoms with Crippen LogP contribution in [0.1, 0.15) is 35.2 Å². The molecule has 0 aromatic heterocycles. The Kier molecular flexibility index (Phi) is 4.20. The number of benzene rings is 1. The molecule has 1 aliphatic rings. The molecule has 1 heterocycles. The lowest BCUT2D eigenvalue weighted by atomic mass is 10.1. The van der Waals surface area contributed by atoms with Gasteiger partial charge in [-0.1, -0.05) is 6.42 Å². The summed E-state index contributed by atoms with van der Waals surface area (Å²) in [5, 5.41) is 3.44. The number of rotatable bonds is 4. The molecule has 0 aliphatic carbocycles. The maximum Gasteiger partial charge on any atom is 0.248 e. The number of primary amides is 1. The van der Waals surface area contributed by atoms with E-state index in [9.17, 15) is 4.79 Å². The van der Waals surface area contributed by atoms with Crippen LogP contribution >= 0.6 is 0 Å². The number of hydrogen-bond donors (Lipinski definition) is 2. The lowest BCUT2D eigenvalue weighted by molar-refractivity contribution is 0.1000. The Morgan fingerprint density at radius 2 is 2.33 bits per heavy atom. The maximum absolute atomic E-state index is 11.0. The van der Waals surface area contributed by atoms with E-state index in [0.29, 0.717) is 18.2 Å². The minimum Gasteiger partial charge on any atom is -0.492 e. The normalized spacial score (nSPS) is 19.5. The van der Waals surface area contributed by atoms with Crippen LogP contribution in [0, 0.1) is 6.92 Å². The number of carbonyl (C=O) groups is 1. The van der Waals surface area contributed by atoms with Crippen molar-refractivity contribution >= 4 is 5.91 Å². The molecule has 4 heteroatoms. The van der Waals surface area contributed by atoms with Crippen LogP contribution in [0.2, 0.25) is 0 Å². The van der Waals surface area contributed by atoms with Crippen LogP contribution in [0.4, 0.5) is 0 Å². The second-order valence-corrected chi connectivity index (χ2v) is 4.80. The van der Waals surface area contributed by atoms with Crippen molar-refractivity contribution in [3.05, 3.63) is 29.3 Å². The van der Waals surface area contributed by atoms with Gasteiger partial charge >= 0.3 is 0 Å². The fourth-order valence-electron chi connectivity index (χ4n) is 2.22. The topological polar surface area (TPSA) is 64.4 Å². The molecule has 0 bridgehead atoms. The van der Waals surface area contributed by atoms with Crippen molar-refractivity contribution in [1.82, 2.24) is 5.32 Å². The van der Waals surface area contributed by atoms with Crippen molar-refractivity contribution < 1.29 is 9.53 Å². The Balaban J connectivity index is 1.94. The molecule has 1 amide bonds. The monoisotopic (exact) mass is 248 g/mol. The van der Waals surface area contributed by atoms with Crippen molar-refractivity contribution in [3.8, 4) is 5.75 Å². The molecule has 1 aliphatic heterocycles. The minimum absolute atomic E-state index is 0.404. The van der Waals surface area contributed by atoms with Gasteiger partial charge < -0.3 is 15.8 Å². The molecule has 3 N–H and O–H groups in total. The Hall–Kier alpha value is -1.55. The van der Waals surface area contributed by atoms with Crippen LogP contribution in [0.25, 0.3) is 0 Å². The number of ether oxygens (including phenoxy) is 1.